The molecule has 2 N–H and O–H groups in total. The molecule has 0 saturated carbocycles. The monoisotopic (exact) mass is 204 g/mol. The van der Waals surface area contributed by atoms with Crippen LogP contribution in [0.4, 0.5) is 0 Å². The fourth-order valence-corrected chi connectivity index (χ4v) is 3.97. The van der Waals surface area contributed by atoms with Crippen molar-refractivity contribution in [2.45, 2.75) is 24.9 Å². The summed E-state index contributed by atoms with van der Waals surface area (Å²) >= 11 is 0. The molecule has 0 unspecified atom stereocenters. The lowest BCUT2D eigenvalue weighted by molar-refractivity contribution is 0.260. The van der Waals surface area contributed by atoms with Crippen molar-refractivity contribution in [3.63, 3.8) is 0 Å². The second-order valence-electron chi connectivity index (χ2n) is 4.10. The quantitative estimate of drug-likeness (QED) is 0.608. The van der Waals surface area contributed by atoms with Crippen LogP contribution in [0.5, 0.6) is 0 Å². The van der Waals surface area contributed by atoms with E-state index in [2.05, 4.69) is 4.90 Å². The lowest BCUT2D eigenvalue weighted by Gasteiger charge is -2.21. The van der Waals surface area contributed by atoms with Crippen molar-refractivity contribution in [2.24, 2.45) is 5.73 Å². The van der Waals surface area contributed by atoms with E-state index >= 15 is 0 Å². The minimum absolute atomic E-state index is 0.249. The van der Waals surface area contributed by atoms with Gasteiger partial charge in [-0.15, -0.1) is 0 Å². The average Bonchev–Trinajstić information content (AvgIpc) is 2.56. The Balaban J connectivity index is 1.97. The predicted molar refractivity (Wildman–Crippen MR) is 51.2 cm³/mol. The SMILES string of the molecule is N[C@@H]1CCN([C@H]2CCS(=O)(=O)C2)C1. The molecule has 2 fully saturated rings. The Morgan fingerprint density at radius 3 is 2.54 bits per heavy atom. The van der Waals surface area contributed by atoms with Gasteiger partial charge in [-0.25, -0.2) is 8.42 Å². The molecule has 0 amide bonds. The van der Waals surface area contributed by atoms with Gasteiger partial charge in [0.1, 0.15) is 0 Å². The highest BCUT2D eigenvalue weighted by molar-refractivity contribution is 7.91. The van der Waals surface area contributed by atoms with Crippen LogP contribution in [0.2, 0.25) is 0 Å². The molecule has 5 heteroatoms. The molecule has 0 aromatic rings. The summed E-state index contributed by atoms with van der Waals surface area (Å²) in [5.74, 6) is 0.711. The molecule has 0 bridgehead atoms. The summed E-state index contributed by atoms with van der Waals surface area (Å²) in [5.41, 5.74) is 5.77. The topological polar surface area (TPSA) is 63.4 Å². The summed E-state index contributed by atoms with van der Waals surface area (Å²) in [4.78, 5) is 2.23. The van der Waals surface area contributed by atoms with Crippen LogP contribution in [-0.2, 0) is 9.84 Å². The Hall–Kier alpha value is -0.130. The molecule has 2 aliphatic heterocycles. The summed E-state index contributed by atoms with van der Waals surface area (Å²) in [6, 6.07) is 0.502. The van der Waals surface area contributed by atoms with Crippen molar-refractivity contribution in [2.75, 3.05) is 24.6 Å². The van der Waals surface area contributed by atoms with Gasteiger partial charge in [-0.05, 0) is 12.8 Å². The molecule has 2 heterocycles. The van der Waals surface area contributed by atoms with Crippen molar-refractivity contribution < 1.29 is 8.42 Å². The molecule has 13 heavy (non-hydrogen) atoms. The largest absolute Gasteiger partial charge is 0.326 e. The standard InChI is InChI=1S/C8H16N2O2S/c9-7-1-3-10(5-7)8-2-4-13(11,12)6-8/h7-8H,1-6,9H2/t7-,8+/m1/s1. The van der Waals surface area contributed by atoms with Gasteiger partial charge < -0.3 is 5.73 Å². The van der Waals surface area contributed by atoms with Gasteiger partial charge in [0.05, 0.1) is 11.5 Å². The van der Waals surface area contributed by atoms with Gasteiger partial charge in [-0.2, -0.15) is 0 Å². The first-order chi connectivity index (χ1) is 6.07. The van der Waals surface area contributed by atoms with Crippen molar-refractivity contribution in [3.05, 3.63) is 0 Å². The van der Waals surface area contributed by atoms with Crippen LogP contribution >= 0.6 is 0 Å². The highest BCUT2D eigenvalue weighted by Gasteiger charge is 2.34. The molecule has 0 aromatic carbocycles. The van der Waals surface area contributed by atoms with E-state index in [9.17, 15) is 8.42 Å². The van der Waals surface area contributed by atoms with Gasteiger partial charge in [0.25, 0.3) is 0 Å². The smallest absolute Gasteiger partial charge is 0.151 e. The van der Waals surface area contributed by atoms with Crippen LogP contribution in [0.1, 0.15) is 12.8 Å². The van der Waals surface area contributed by atoms with Gasteiger partial charge >= 0.3 is 0 Å². The highest BCUT2D eigenvalue weighted by atomic mass is 32.2. The Morgan fingerprint density at radius 2 is 2.08 bits per heavy atom. The van der Waals surface area contributed by atoms with E-state index in [0.29, 0.717) is 11.5 Å². The summed E-state index contributed by atoms with van der Waals surface area (Å²) < 4.78 is 22.4. The number of sulfone groups is 1. The Morgan fingerprint density at radius 1 is 1.31 bits per heavy atom. The fourth-order valence-electron chi connectivity index (χ4n) is 2.21. The van der Waals surface area contributed by atoms with Gasteiger partial charge in [0.15, 0.2) is 9.84 Å². The van der Waals surface area contributed by atoms with Crippen LogP contribution < -0.4 is 5.73 Å². The molecule has 0 spiro atoms. The maximum atomic E-state index is 11.2. The van der Waals surface area contributed by atoms with Crippen LogP contribution in [0.25, 0.3) is 0 Å². The molecular weight excluding hydrogens is 188 g/mol. The minimum Gasteiger partial charge on any atom is -0.326 e. The molecule has 0 radical (unpaired) electrons. The number of hydrogen-bond acceptors (Lipinski definition) is 4. The van der Waals surface area contributed by atoms with E-state index in [1.807, 2.05) is 0 Å². The minimum atomic E-state index is -2.73. The second-order valence-corrected chi connectivity index (χ2v) is 6.33. The van der Waals surface area contributed by atoms with E-state index < -0.39 is 9.84 Å². The third kappa shape index (κ3) is 2.03. The van der Waals surface area contributed by atoms with E-state index in [0.717, 1.165) is 25.9 Å². The summed E-state index contributed by atoms with van der Waals surface area (Å²) in [6.45, 7) is 1.85. The fraction of sp³-hybridized carbons (Fsp3) is 1.00. The number of nitrogens with two attached hydrogens (primary N) is 1. The lowest BCUT2D eigenvalue weighted by atomic mass is 10.2. The third-order valence-electron chi connectivity index (χ3n) is 2.98. The first-order valence-electron chi connectivity index (χ1n) is 4.77. The number of hydrogen-bond donors (Lipinski definition) is 1. The van der Waals surface area contributed by atoms with E-state index in [1.165, 1.54) is 0 Å². The molecule has 2 atom stereocenters. The summed E-state index contributed by atoms with van der Waals surface area (Å²) in [7, 11) is -2.73. The van der Waals surface area contributed by atoms with E-state index in [1.54, 1.807) is 0 Å². The Labute approximate surface area is 79.0 Å². The van der Waals surface area contributed by atoms with Gasteiger partial charge in [-0.1, -0.05) is 0 Å². The molecule has 76 valence electrons. The molecule has 2 rings (SSSR count). The van der Waals surface area contributed by atoms with Crippen molar-refractivity contribution in [1.29, 1.82) is 0 Å². The maximum absolute atomic E-state index is 11.2. The van der Waals surface area contributed by atoms with Gasteiger partial charge in [-0.3, -0.25) is 4.90 Å². The maximum Gasteiger partial charge on any atom is 0.151 e. The van der Waals surface area contributed by atoms with Crippen LogP contribution in [0.15, 0.2) is 0 Å². The molecule has 4 nitrogen and oxygen atoms in total. The van der Waals surface area contributed by atoms with E-state index in [-0.39, 0.29) is 12.1 Å². The Kier molecular flexibility index (Phi) is 2.33. The van der Waals surface area contributed by atoms with Crippen LogP contribution in [-0.4, -0.2) is 50.0 Å². The number of rotatable bonds is 1. The molecular formula is C8H16N2O2S. The summed E-state index contributed by atoms with van der Waals surface area (Å²) in [5, 5.41) is 0. The normalized spacial score (nSPS) is 39.8. The number of likely N-dealkylation sites (tertiary alicyclic amines) is 1. The van der Waals surface area contributed by atoms with Crippen LogP contribution in [0, 0.1) is 0 Å². The highest BCUT2D eigenvalue weighted by Crippen LogP contribution is 2.21. The van der Waals surface area contributed by atoms with Gasteiger partial charge in [0.2, 0.25) is 0 Å². The van der Waals surface area contributed by atoms with Crippen molar-refractivity contribution in [1.82, 2.24) is 4.90 Å². The average molecular weight is 204 g/mol. The molecule has 2 saturated heterocycles. The zero-order valence-electron chi connectivity index (χ0n) is 7.65. The van der Waals surface area contributed by atoms with Crippen molar-refractivity contribution >= 4 is 9.84 Å². The summed E-state index contributed by atoms with van der Waals surface area (Å²) in [6.07, 6.45) is 1.81. The van der Waals surface area contributed by atoms with Gasteiger partial charge in [0, 0.05) is 25.2 Å². The first kappa shape index (κ1) is 9.43. The van der Waals surface area contributed by atoms with E-state index in [4.69, 9.17) is 5.73 Å². The molecule has 2 aliphatic rings. The second kappa shape index (κ2) is 3.22. The zero-order chi connectivity index (χ0) is 9.47. The predicted octanol–water partition coefficient (Wildman–Crippen LogP) is -0.793. The number of nitrogens with zero attached hydrogens (tertiary/aromatic N) is 1. The Bertz CT molecular complexity index is 289. The molecule has 0 aromatic heterocycles. The molecule has 0 aliphatic carbocycles. The zero-order valence-corrected chi connectivity index (χ0v) is 8.46. The van der Waals surface area contributed by atoms with Crippen molar-refractivity contribution in [3.8, 4) is 0 Å². The first-order valence-corrected chi connectivity index (χ1v) is 6.59. The van der Waals surface area contributed by atoms with Crippen LogP contribution in [0.3, 0.4) is 0 Å². The third-order valence-corrected chi connectivity index (χ3v) is 4.73. The lowest BCUT2D eigenvalue weighted by Crippen LogP contribution is -2.36.